The Morgan fingerprint density at radius 2 is 0.875 bits per heavy atom. The maximum atomic E-state index is 6.40. The van der Waals surface area contributed by atoms with Crippen LogP contribution in [-0.4, -0.2) is 19.5 Å². The van der Waals surface area contributed by atoms with E-state index in [9.17, 15) is 0 Å². The van der Waals surface area contributed by atoms with E-state index in [1.807, 2.05) is 66.7 Å². The molecule has 0 aliphatic heterocycles. The lowest BCUT2D eigenvalue weighted by Crippen LogP contribution is -2.01. The maximum Gasteiger partial charge on any atom is 0.164 e. The van der Waals surface area contributed by atoms with Crippen molar-refractivity contribution < 1.29 is 8.83 Å². The Bertz CT molecular complexity index is 3910. The van der Waals surface area contributed by atoms with E-state index in [1.165, 1.54) is 28.0 Å². The number of benzene rings is 9. The molecule has 6 heteroatoms. The summed E-state index contributed by atoms with van der Waals surface area (Å²) in [4.78, 5) is 15.4. The van der Waals surface area contributed by atoms with Crippen molar-refractivity contribution in [3.05, 3.63) is 194 Å². The van der Waals surface area contributed by atoms with Crippen LogP contribution in [0.5, 0.6) is 0 Å². The van der Waals surface area contributed by atoms with Gasteiger partial charge in [0.25, 0.3) is 0 Å². The molecule has 0 radical (unpaired) electrons. The van der Waals surface area contributed by atoms with Crippen molar-refractivity contribution >= 4 is 76.5 Å². The lowest BCUT2D eigenvalue weighted by Gasteiger charge is -2.14. The second kappa shape index (κ2) is 15.2. The SMILES string of the molecule is CCC.c1ccc(-c2nc(-c3cccc(-n4c5cc6ccccc6cc5c5cccc(-c6ccc7c(c6)oc6ccccc67)c54)c3)nc(-c3ccc4c(c3)oc3ccccc34)n2)cc1. The van der Waals surface area contributed by atoms with E-state index in [4.69, 9.17) is 23.8 Å². The number of fused-ring (bicyclic) bond motifs is 10. The van der Waals surface area contributed by atoms with Gasteiger partial charge < -0.3 is 13.4 Å². The second-order valence-electron chi connectivity index (χ2n) is 16.3. The van der Waals surface area contributed by atoms with E-state index in [1.54, 1.807) is 0 Å². The predicted octanol–water partition coefficient (Wildman–Crippen LogP) is 16.0. The smallest absolute Gasteiger partial charge is 0.164 e. The Hall–Kier alpha value is -8.35. The minimum absolute atomic E-state index is 0.572. The third kappa shape index (κ3) is 6.22. The quantitative estimate of drug-likeness (QED) is 0.173. The minimum Gasteiger partial charge on any atom is -0.456 e. The fourth-order valence-electron chi connectivity index (χ4n) is 9.15. The molecule has 0 unspecified atom stereocenters. The fraction of sp³-hybridized carbons (Fsp3) is 0.0517. The van der Waals surface area contributed by atoms with Gasteiger partial charge in [-0.3, -0.25) is 0 Å². The van der Waals surface area contributed by atoms with Crippen molar-refractivity contribution in [3.8, 4) is 51.0 Å². The number of furan rings is 2. The molecule has 4 heterocycles. The van der Waals surface area contributed by atoms with Gasteiger partial charge in [-0.15, -0.1) is 0 Å². The van der Waals surface area contributed by atoms with Crippen LogP contribution in [0.25, 0.3) is 127 Å². The zero-order valence-electron chi connectivity index (χ0n) is 35.3. The molecule has 0 fully saturated rings. The lowest BCUT2D eigenvalue weighted by atomic mass is 10.00. The molecule has 0 amide bonds. The molecule has 0 aliphatic rings. The van der Waals surface area contributed by atoms with E-state index < -0.39 is 0 Å². The first-order valence-electron chi connectivity index (χ1n) is 21.8. The van der Waals surface area contributed by atoms with Crippen LogP contribution >= 0.6 is 0 Å². The molecule has 0 saturated carbocycles. The first-order valence-corrected chi connectivity index (χ1v) is 21.8. The summed E-state index contributed by atoms with van der Waals surface area (Å²) in [5.74, 6) is 1.75. The summed E-state index contributed by atoms with van der Waals surface area (Å²) in [6, 6.07) is 67.6. The van der Waals surface area contributed by atoms with Gasteiger partial charge in [0, 0.05) is 60.3 Å². The highest BCUT2D eigenvalue weighted by Gasteiger charge is 2.20. The zero-order valence-corrected chi connectivity index (χ0v) is 35.3. The van der Waals surface area contributed by atoms with Gasteiger partial charge in [0.1, 0.15) is 22.3 Å². The molecule has 0 aliphatic carbocycles. The van der Waals surface area contributed by atoms with Crippen molar-refractivity contribution in [1.82, 2.24) is 19.5 Å². The van der Waals surface area contributed by atoms with Crippen LogP contribution < -0.4 is 0 Å². The van der Waals surface area contributed by atoms with Crippen LogP contribution in [0, 0.1) is 0 Å². The van der Waals surface area contributed by atoms with E-state index in [0.29, 0.717) is 17.5 Å². The predicted molar refractivity (Wildman–Crippen MR) is 264 cm³/mol. The van der Waals surface area contributed by atoms with E-state index in [0.717, 1.165) is 88.4 Å². The summed E-state index contributed by atoms with van der Waals surface area (Å²) < 4.78 is 15.1. The first-order chi connectivity index (χ1) is 31.6. The molecule has 4 aromatic heterocycles. The fourth-order valence-corrected chi connectivity index (χ4v) is 9.15. The van der Waals surface area contributed by atoms with Gasteiger partial charge in [0.2, 0.25) is 0 Å². The van der Waals surface area contributed by atoms with E-state index in [2.05, 4.69) is 146 Å². The van der Waals surface area contributed by atoms with Crippen molar-refractivity contribution in [1.29, 1.82) is 0 Å². The molecular formula is C58H40N4O2. The summed E-state index contributed by atoms with van der Waals surface area (Å²) in [6.07, 6.45) is 1.25. The summed E-state index contributed by atoms with van der Waals surface area (Å²) in [7, 11) is 0. The number of para-hydroxylation sites is 3. The number of rotatable bonds is 5. The monoisotopic (exact) mass is 824 g/mol. The summed E-state index contributed by atoms with van der Waals surface area (Å²) in [6.45, 7) is 4.25. The van der Waals surface area contributed by atoms with Crippen molar-refractivity contribution in [2.45, 2.75) is 20.3 Å². The van der Waals surface area contributed by atoms with Crippen LogP contribution in [0.15, 0.2) is 203 Å². The summed E-state index contributed by atoms with van der Waals surface area (Å²) >= 11 is 0. The Morgan fingerprint density at radius 1 is 0.375 bits per heavy atom. The highest BCUT2D eigenvalue weighted by molar-refractivity contribution is 6.17. The van der Waals surface area contributed by atoms with Gasteiger partial charge in [-0.05, 0) is 77.0 Å². The van der Waals surface area contributed by atoms with Gasteiger partial charge in [0.05, 0.1) is 11.0 Å². The molecular weight excluding hydrogens is 785 g/mol. The highest BCUT2D eigenvalue weighted by Crippen LogP contribution is 2.42. The Kier molecular flexibility index (Phi) is 8.90. The van der Waals surface area contributed by atoms with Gasteiger partial charge >= 0.3 is 0 Å². The van der Waals surface area contributed by atoms with Crippen LogP contribution in [0.1, 0.15) is 20.3 Å². The number of nitrogens with zero attached hydrogens (tertiary/aromatic N) is 4. The topological polar surface area (TPSA) is 69.9 Å². The Balaban J connectivity index is 0.00000141. The van der Waals surface area contributed by atoms with Crippen molar-refractivity contribution in [2.75, 3.05) is 0 Å². The lowest BCUT2D eigenvalue weighted by molar-refractivity contribution is 0.668. The highest BCUT2D eigenvalue weighted by atomic mass is 16.3. The number of hydrogen-bond donors (Lipinski definition) is 0. The van der Waals surface area contributed by atoms with Crippen molar-refractivity contribution in [3.63, 3.8) is 0 Å². The molecule has 0 N–H and O–H groups in total. The average molecular weight is 825 g/mol. The number of aromatic nitrogens is 4. The minimum atomic E-state index is 0.572. The average Bonchev–Trinajstić information content (AvgIpc) is 4.02. The molecule has 0 spiro atoms. The standard InChI is InChI=1S/C55H32N4O2.C3H8/c1-2-12-33(13-3-1)53-56-54(58-55(57-53)38-25-27-44-42-19-7-9-23-49(42)61-51(44)32-38)37-16-10-17-39(28-37)59-47-30-35-15-5-4-14-34(35)29-46(47)45-21-11-20-40(52(45)59)36-24-26-43-41-18-6-8-22-48(41)60-50(43)31-36;1-3-2/h1-32H;3H2,1-2H3. The van der Waals surface area contributed by atoms with Crippen LogP contribution in [0.2, 0.25) is 0 Å². The van der Waals surface area contributed by atoms with Crippen LogP contribution in [0.4, 0.5) is 0 Å². The van der Waals surface area contributed by atoms with Gasteiger partial charge in [-0.1, -0.05) is 154 Å². The summed E-state index contributed by atoms with van der Waals surface area (Å²) in [5.41, 5.74) is 11.4. The maximum absolute atomic E-state index is 6.40. The largest absolute Gasteiger partial charge is 0.456 e. The molecule has 13 rings (SSSR count). The third-order valence-corrected chi connectivity index (χ3v) is 12.0. The molecule has 13 aromatic rings. The third-order valence-electron chi connectivity index (χ3n) is 12.0. The first kappa shape index (κ1) is 37.4. The molecule has 9 aromatic carbocycles. The normalized spacial score (nSPS) is 11.7. The van der Waals surface area contributed by atoms with Crippen LogP contribution in [0.3, 0.4) is 0 Å². The molecule has 0 atom stereocenters. The van der Waals surface area contributed by atoms with E-state index >= 15 is 0 Å². The Morgan fingerprint density at radius 3 is 1.56 bits per heavy atom. The second-order valence-corrected chi connectivity index (χ2v) is 16.3. The molecule has 0 bridgehead atoms. The molecule has 6 nitrogen and oxygen atoms in total. The van der Waals surface area contributed by atoms with Gasteiger partial charge in [0.15, 0.2) is 17.5 Å². The van der Waals surface area contributed by atoms with E-state index in [-0.39, 0.29) is 0 Å². The van der Waals surface area contributed by atoms with Gasteiger partial charge in [-0.25, -0.2) is 15.0 Å². The zero-order chi connectivity index (χ0) is 42.7. The van der Waals surface area contributed by atoms with Gasteiger partial charge in [-0.2, -0.15) is 0 Å². The summed E-state index contributed by atoms with van der Waals surface area (Å²) in [5, 5.41) is 9.09. The van der Waals surface area contributed by atoms with Crippen molar-refractivity contribution in [2.24, 2.45) is 0 Å². The molecule has 0 saturated heterocycles. The van der Waals surface area contributed by atoms with Crippen LogP contribution in [-0.2, 0) is 0 Å². The molecule has 304 valence electrons. The Labute approximate surface area is 368 Å². The molecule has 64 heavy (non-hydrogen) atoms. The number of hydrogen-bond acceptors (Lipinski definition) is 5.